The molecule has 1 heterocycles. The number of hydrogen-bond donors (Lipinski definition) is 2. The zero-order chi connectivity index (χ0) is 16.8. The summed E-state index contributed by atoms with van der Waals surface area (Å²) in [5, 5.41) is 15.1. The Labute approximate surface area is 146 Å². The van der Waals surface area contributed by atoms with Crippen LogP contribution in [0.15, 0.2) is 17.0 Å². The van der Waals surface area contributed by atoms with Crippen molar-refractivity contribution in [2.75, 3.05) is 11.9 Å². The summed E-state index contributed by atoms with van der Waals surface area (Å²) in [6, 6.07) is 0.300. The smallest absolute Gasteiger partial charge is 0.233 e. The summed E-state index contributed by atoms with van der Waals surface area (Å²) in [7, 11) is 0. The highest BCUT2D eigenvalue weighted by atomic mass is 32.2. The van der Waals surface area contributed by atoms with E-state index < -0.39 is 0 Å². The molecule has 23 heavy (non-hydrogen) atoms. The van der Waals surface area contributed by atoms with Gasteiger partial charge in [-0.15, -0.1) is 16.8 Å². The van der Waals surface area contributed by atoms with Crippen molar-refractivity contribution < 1.29 is 4.79 Å². The van der Waals surface area contributed by atoms with Crippen LogP contribution in [0.2, 0.25) is 0 Å². The molecule has 0 aliphatic heterocycles. The van der Waals surface area contributed by atoms with E-state index in [0.717, 1.165) is 15.9 Å². The number of aromatic nitrogens is 2. The summed E-state index contributed by atoms with van der Waals surface area (Å²) in [6.07, 6.45) is 5.33. The first-order valence-corrected chi connectivity index (χ1v) is 9.86. The van der Waals surface area contributed by atoms with Gasteiger partial charge in [-0.05, 0) is 25.2 Å². The predicted octanol–water partition coefficient (Wildman–Crippen LogP) is 3.56. The van der Waals surface area contributed by atoms with Crippen LogP contribution in [0.1, 0.15) is 40.0 Å². The maximum absolute atomic E-state index is 12.4. The van der Waals surface area contributed by atoms with Gasteiger partial charge in [0.25, 0.3) is 0 Å². The number of anilines is 1. The highest BCUT2D eigenvalue weighted by Gasteiger charge is 2.29. The summed E-state index contributed by atoms with van der Waals surface area (Å²) >= 11 is 2.93. The van der Waals surface area contributed by atoms with Crippen molar-refractivity contribution in [2.24, 2.45) is 11.8 Å². The molecule has 0 bridgehead atoms. The van der Waals surface area contributed by atoms with Crippen molar-refractivity contribution in [1.29, 1.82) is 0 Å². The van der Waals surface area contributed by atoms with Gasteiger partial charge in [-0.3, -0.25) is 4.79 Å². The molecule has 7 heteroatoms. The van der Waals surface area contributed by atoms with Crippen molar-refractivity contribution in [3.8, 4) is 0 Å². The van der Waals surface area contributed by atoms with Gasteiger partial charge in [-0.1, -0.05) is 55.9 Å². The second kappa shape index (κ2) is 8.68. The van der Waals surface area contributed by atoms with E-state index in [9.17, 15) is 4.79 Å². The van der Waals surface area contributed by atoms with Gasteiger partial charge >= 0.3 is 0 Å². The Kier molecular flexibility index (Phi) is 6.89. The Morgan fingerprint density at radius 1 is 1.48 bits per heavy atom. The summed E-state index contributed by atoms with van der Waals surface area (Å²) in [5.41, 5.74) is 0. The van der Waals surface area contributed by atoms with Gasteiger partial charge in [0.2, 0.25) is 11.0 Å². The average Bonchev–Trinajstić information content (AvgIpc) is 2.97. The third-order valence-electron chi connectivity index (χ3n) is 4.49. The number of nitrogens with one attached hydrogen (secondary N) is 2. The van der Waals surface area contributed by atoms with Gasteiger partial charge in [0, 0.05) is 12.6 Å². The highest BCUT2D eigenvalue weighted by molar-refractivity contribution is 8.02. The van der Waals surface area contributed by atoms with Crippen LogP contribution in [0.3, 0.4) is 0 Å². The average molecular weight is 355 g/mol. The predicted molar refractivity (Wildman–Crippen MR) is 98.0 cm³/mol. The number of carbonyl (C=O) groups is 1. The summed E-state index contributed by atoms with van der Waals surface area (Å²) in [5.74, 6) is 1.32. The lowest BCUT2D eigenvalue weighted by Gasteiger charge is -2.35. The molecule has 0 spiro atoms. The lowest BCUT2D eigenvalue weighted by atomic mass is 9.78. The number of rotatable bonds is 7. The fourth-order valence-electron chi connectivity index (χ4n) is 2.78. The molecule has 128 valence electrons. The molecule has 0 radical (unpaired) electrons. The first-order valence-electron chi connectivity index (χ1n) is 8.16. The van der Waals surface area contributed by atoms with Crippen molar-refractivity contribution >= 4 is 34.1 Å². The maximum atomic E-state index is 12.4. The molecule has 5 nitrogen and oxygen atoms in total. The van der Waals surface area contributed by atoms with E-state index in [2.05, 4.69) is 41.3 Å². The second-order valence-electron chi connectivity index (χ2n) is 6.19. The minimum Gasteiger partial charge on any atom is -0.357 e. The highest BCUT2D eigenvalue weighted by Crippen LogP contribution is 2.31. The molecule has 1 aliphatic rings. The molecule has 1 aromatic rings. The van der Waals surface area contributed by atoms with Crippen LogP contribution < -0.4 is 10.6 Å². The van der Waals surface area contributed by atoms with Crippen LogP contribution in [0.25, 0.3) is 0 Å². The standard InChI is InChI=1S/C16H26N4OS2/c1-5-9-17-15-19-20-16(23-15)22-12(4)14(21)18-13-8-6-7-10(2)11(13)3/h5,10-13H,1,6-9H2,2-4H3,(H,17,19)(H,18,21)/t10-,11+,12+,13-/m0/s1. The summed E-state index contributed by atoms with van der Waals surface area (Å²) < 4.78 is 0.810. The lowest BCUT2D eigenvalue weighted by molar-refractivity contribution is -0.121. The molecule has 1 fully saturated rings. The van der Waals surface area contributed by atoms with Gasteiger partial charge in [-0.25, -0.2) is 0 Å². The molecule has 0 unspecified atom stereocenters. The fourth-order valence-corrected chi connectivity index (χ4v) is 4.69. The van der Waals surface area contributed by atoms with E-state index in [1.165, 1.54) is 35.9 Å². The first kappa shape index (κ1) is 18.3. The van der Waals surface area contributed by atoms with Crippen LogP contribution in [0.4, 0.5) is 5.13 Å². The van der Waals surface area contributed by atoms with Gasteiger partial charge in [0.05, 0.1) is 5.25 Å². The molecule has 0 aromatic carbocycles. The molecule has 4 atom stereocenters. The van der Waals surface area contributed by atoms with Crippen LogP contribution in [-0.2, 0) is 4.79 Å². The molecular weight excluding hydrogens is 328 g/mol. The van der Waals surface area contributed by atoms with E-state index in [1.54, 1.807) is 6.08 Å². The molecule has 1 saturated carbocycles. The number of hydrogen-bond acceptors (Lipinski definition) is 6. The molecule has 1 aliphatic carbocycles. The van der Waals surface area contributed by atoms with E-state index in [4.69, 9.17) is 0 Å². The van der Waals surface area contributed by atoms with E-state index in [-0.39, 0.29) is 11.2 Å². The van der Waals surface area contributed by atoms with Gasteiger partial charge in [0.1, 0.15) is 0 Å². The van der Waals surface area contributed by atoms with Crippen molar-refractivity contribution in [3.63, 3.8) is 0 Å². The van der Waals surface area contributed by atoms with Gasteiger partial charge in [0.15, 0.2) is 4.34 Å². The maximum Gasteiger partial charge on any atom is 0.233 e. The summed E-state index contributed by atoms with van der Waals surface area (Å²) in [6.45, 7) is 10.8. The first-order chi connectivity index (χ1) is 11.0. The zero-order valence-electron chi connectivity index (χ0n) is 14.0. The fraction of sp³-hybridized carbons (Fsp3) is 0.688. The van der Waals surface area contributed by atoms with Crippen molar-refractivity contribution in [3.05, 3.63) is 12.7 Å². The lowest BCUT2D eigenvalue weighted by Crippen LogP contribution is -2.46. The number of amides is 1. The second-order valence-corrected chi connectivity index (χ2v) is 8.75. The third kappa shape index (κ3) is 5.21. The monoisotopic (exact) mass is 354 g/mol. The van der Waals surface area contributed by atoms with E-state index >= 15 is 0 Å². The number of carbonyl (C=O) groups excluding carboxylic acids is 1. The third-order valence-corrected chi connectivity index (χ3v) is 6.55. The topological polar surface area (TPSA) is 66.9 Å². The molecule has 1 amide bonds. The Bertz CT molecular complexity index is 534. The molecule has 1 aromatic heterocycles. The molecular formula is C16H26N4OS2. The van der Waals surface area contributed by atoms with Crippen LogP contribution in [0.5, 0.6) is 0 Å². The zero-order valence-corrected chi connectivity index (χ0v) is 15.7. The minimum atomic E-state index is -0.167. The van der Waals surface area contributed by atoms with Crippen molar-refractivity contribution in [1.82, 2.24) is 15.5 Å². The largest absolute Gasteiger partial charge is 0.357 e. The van der Waals surface area contributed by atoms with Crippen molar-refractivity contribution in [2.45, 2.75) is 55.7 Å². The molecule has 2 N–H and O–H groups in total. The van der Waals surface area contributed by atoms with Gasteiger partial charge in [-0.2, -0.15) is 0 Å². The van der Waals surface area contributed by atoms with Gasteiger partial charge < -0.3 is 10.6 Å². The quantitative estimate of drug-likeness (QED) is 0.579. The molecule has 2 rings (SSSR count). The Balaban J connectivity index is 1.84. The summed E-state index contributed by atoms with van der Waals surface area (Å²) in [4.78, 5) is 12.4. The molecule has 0 saturated heterocycles. The van der Waals surface area contributed by atoms with E-state index in [0.29, 0.717) is 24.4 Å². The Hall–Kier alpha value is -1.08. The Morgan fingerprint density at radius 2 is 2.26 bits per heavy atom. The van der Waals surface area contributed by atoms with Crippen LogP contribution in [0, 0.1) is 11.8 Å². The number of nitrogens with zero attached hydrogens (tertiary/aromatic N) is 2. The SMILES string of the molecule is C=CCNc1nnc(S[C@H](C)C(=O)N[C@H]2CCC[C@H](C)[C@H]2C)s1. The Morgan fingerprint density at radius 3 is 3.00 bits per heavy atom. The van der Waals surface area contributed by atoms with E-state index in [1.807, 2.05) is 6.92 Å². The number of thioether (sulfide) groups is 1. The minimum absolute atomic E-state index is 0.0942. The normalized spacial score (nSPS) is 25.6. The van der Waals surface area contributed by atoms with Crippen LogP contribution >= 0.6 is 23.1 Å². The van der Waals surface area contributed by atoms with Crippen LogP contribution in [-0.4, -0.2) is 33.9 Å².